The van der Waals surface area contributed by atoms with Crippen LogP contribution in [0.25, 0.3) is 0 Å². The van der Waals surface area contributed by atoms with Crippen molar-refractivity contribution < 1.29 is 25.2 Å². The lowest BCUT2D eigenvalue weighted by atomic mass is 9.69. The fourth-order valence-electron chi connectivity index (χ4n) is 4.96. The summed E-state index contributed by atoms with van der Waals surface area (Å²) in [6.07, 6.45) is -3.65. The van der Waals surface area contributed by atoms with Crippen molar-refractivity contribution in [3.63, 3.8) is 0 Å². The molecule has 5 atom stereocenters. The van der Waals surface area contributed by atoms with Gasteiger partial charge < -0.3 is 25.2 Å². The maximum atomic E-state index is 12.3. The van der Waals surface area contributed by atoms with Gasteiger partial charge in [0.05, 0.1) is 6.10 Å². The lowest BCUT2D eigenvalue weighted by molar-refractivity contribution is -0.265. The molecule has 3 aromatic rings. The fourth-order valence-corrected chi connectivity index (χ4v) is 6.39. The summed E-state index contributed by atoms with van der Waals surface area (Å²) in [7, 11) is 0. The van der Waals surface area contributed by atoms with E-state index in [2.05, 4.69) is 0 Å². The average molecular weight is 641 g/mol. The highest BCUT2D eigenvalue weighted by Crippen LogP contribution is 2.51. The first-order chi connectivity index (χ1) is 17.7. The van der Waals surface area contributed by atoms with Gasteiger partial charge in [0.15, 0.2) is 11.4 Å². The van der Waals surface area contributed by atoms with E-state index in [4.69, 9.17) is 74.3 Å². The zero-order chi connectivity index (χ0) is 28.0. The van der Waals surface area contributed by atoms with Crippen LogP contribution >= 0.6 is 69.6 Å². The molecular formula is C27H24Cl6O5. The number of aliphatic hydroxyl groups is 4. The van der Waals surface area contributed by atoms with Crippen LogP contribution in [0.3, 0.4) is 0 Å². The van der Waals surface area contributed by atoms with Crippen LogP contribution in [-0.4, -0.2) is 49.6 Å². The van der Waals surface area contributed by atoms with Gasteiger partial charge in [0.25, 0.3) is 0 Å². The predicted octanol–water partition coefficient (Wildman–Crippen LogP) is 6.57. The molecule has 0 bridgehead atoms. The molecule has 38 heavy (non-hydrogen) atoms. The van der Waals surface area contributed by atoms with Crippen LogP contribution in [0.1, 0.15) is 23.6 Å². The average Bonchev–Trinajstić information content (AvgIpc) is 2.97. The maximum absolute atomic E-state index is 12.3. The number of rotatable bonds is 7. The number of hydrogen-bond donors (Lipinski definition) is 4. The van der Waals surface area contributed by atoms with Crippen LogP contribution in [-0.2, 0) is 24.0 Å². The van der Waals surface area contributed by atoms with E-state index in [-0.39, 0.29) is 29.3 Å². The van der Waals surface area contributed by atoms with Gasteiger partial charge in [0, 0.05) is 49.4 Å². The molecule has 204 valence electrons. The Kier molecular flexibility index (Phi) is 8.91. The maximum Gasteiger partial charge on any atom is 0.195 e. The van der Waals surface area contributed by atoms with Gasteiger partial charge in [-0.3, -0.25) is 0 Å². The van der Waals surface area contributed by atoms with Gasteiger partial charge in [-0.15, -0.1) is 0 Å². The second-order valence-electron chi connectivity index (χ2n) is 9.64. The van der Waals surface area contributed by atoms with E-state index in [0.29, 0.717) is 36.8 Å². The molecule has 1 saturated heterocycles. The SMILES string of the molecule is C[C@]1(O)O[C@H](C(O)Cc2ccc(Cl)cc2Cl)[C@](O)(Cc2ccc(Cl)cc2Cl)[C@]1(O)Cc1ccc(Cl)cc1Cl. The van der Waals surface area contributed by atoms with E-state index in [9.17, 15) is 20.4 Å². The lowest BCUT2D eigenvalue weighted by Gasteiger charge is -2.44. The van der Waals surface area contributed by atoms with E-state index in [1.54, 1.807) is 36.4 Å². The minimum Gasteiger partial charge on any atom is -0.390 e. The molecule has 0 amide bonds. The van der Waals surface area contributed by atoms with E-state index >= 15 is 0 Å². The summed E-state index contributed by atoms with van der Waals surface area (Å²) >= 11 is 37.2. The number of benzene rings is 3. The zero-order valence-corrected chi connectivity index (χ0v) is 24.5. The number of halogens is 6. The van der Waals surface area contributed by atoms with E-state index in [0.717, 1.165) is 0 Å². The third-order valence-electron chi connectivity index (χ3n) is 7.04. The number of aliphatic hydroxyl groups excluding tert-OH is 1. The summed E-state index contributed by atoms with van der Waals surface area (Å²) < 4.78 is 5.85. The zero-order valence-electron chi connectivity index (χ0n) is 19.9. The van der Waals surface area contributed by atoms with Crippen molar-refractivity contribution in [1.82, 2.24) is 0 Å². The summed E-state index contributed by atoms with van der Waals surface area (Å²) in [5.41, 5.74) is -3.35. The van der Waals surface area contributed by atoms with Crippen molar-refractivity contribution in [2.45, 2.75) is 55.4 Å². The fraction of sp³-hybridized carbons (Fsp3) is 0.333. The van der Waals surface area contributed by atoms with E-state index in [1.165, 1.54) is 25.1 Å². The Bertz CT molecular complexity index is 1350. The number of ether oxygens (including phenoxy) is 1. The molecule has 1 fully saturated rings. The van der Waals surface area contributed by atoms with Gasteiger partial charge in [0.2, 0.25) is 0 Å². The molecule has 0 radical (unpaired) electrons. The highest BCUT2D eigenvalue weighted by atomic mass is 35.5. The van der Waals surface area contributed by atoms with Gasteiger partial charge in [0.1, 0.15) is 11.7 Å². The quantitative estimate of drug-likeness (QED) is 0.235. The molecule has 5 nitrogen and oxygen atoms in total. The summed E-state index contributed by atoms with van der Waals surface area (Å²) in [5.74, 6) is -2.33. The highest BCUT2D eigenvalue weighted by Gasteiger charge is 2.72. The Hall–Kier alpha value is -0.800. The minimum absolute atomic E-state index is 0.0782. The van der Waals surface area contributed by atoms with Crippen molar-refractivity contribution >= 4 is 69.6 Å². The van der Waals surface area contributed by atoms with Crippen molar-refractivity contribution in [3.05, 3.63) is 101 Å². The molecule has 0 spiro atoms. The lowest BCUT2D eigenvalue weighted by Crippen LogP contribution is -2.66. The molecule has 0 aromatic heterocycles. The van der Waals surface area contributed by atoms with Gasteiger partial charge in [-0.25, -0.2) is 0 Å². The van der Waals surface area contributed by atoms with Crippen molar-refractivity contribution in [3.8, 4) is 0 Å². The first kappa shape index (κ1) is 30.2. The third kappa shape index (κ3) is 5.67. The van der Waals surface area contributed by atoms with Crippen molar-refractivity contribution in [1.29, 1.82) is 0 Å². The van der Waals surface area contributed by atoms with Crippen LogP contribution in [0.5, 0.6) is 0 Å². The monoisotopic (exact) mass is 638 g/mol. The van der Waals surface area contributed by atoms with E-state index in [1.807, 2.05) is 0 Å². The van der Waals surface area contributed by atoms with Crippen LogP contribution in [0.15, 0.2) is 54.6 Å². The number of hydrogen-bond acceptors (Lipinski definition) is 5. The molecule has 1 unspecified atom stereocenters. The molecule has 3 aromatic carbocycles. The summed E-state index contributed by atoms with van der Waals surface area (Å²) in [5, 5.41) is 49.1. The second-order valence-corrected chi connectivity index (χ2v) is 12.2. The molecule has 4 rings (SSSR count). The van der Waals surface area contributed by atoms with Crippen LogP contribution in [0.4, 0.5) is 0 Å². The van der Waals surface area contributed by atoms with Crippen LogP contribution < -0.4 is 0 Å². The highest BCUT2D eigenvalue weighted by molar-refractivity contribution is 6.36. The molecule has 1 aliphatic heterocycles. The van der Waals surface area contributed by atoms with Crippen LogP contribution in [0.2, 0.25) is 30.1 Å². The van der Waals surface area contributed by atoms with Crippen molar-refractivity contribution in [2.75, 3.05) is 0 Å². The van der Waals surface area contributed by atoms with E-state index < -0.39 is 29.2 Å². The predicted molar refractivity (Wildman–Crippen MR) is 152 cm³/mol. The van der Waals surface area contributed by atoms with Crippen molar-refractivity contribution in [2.24, 2.45) is 0 Å². The Balaban J connectivity index is 1.81. The normalized spacial score (nSPS) is 28.0. The molecule has 1 aliphatic rings. The topological polar surface area (TPSA) is 90.2 Å². The molecule has 0 aliphatic carbocycles. The Morgan fingerprint density at radius 2 is 1.13 bits per heavy atom. The Labute approximate surface area is 250 Å². The smallest absolute Gasteiger partial charge is 0.195 e. The minimum atomic E-state index is -2.38. The standard InChI is InChI=1S/C27H24Cl6O5/c1-25(35)27(37,13-16-4-7-19(30)11-22(16)33)26(36,12-15-3-6-18(29)10-21(15)32)24(38-25)23(34)8-14-2-5-17(28)9-20(14)31/h2-7,9-11,23-24,34-37H,8,12-13H2,1H3/t23?,24-,25+,26-,27+/m1/s1. The van der Waals surface area contributed by atoms with Crippen LogP contribution in [0, 0.1) is 0 Å². The summed E-state index contributed by atoms with van der Waals surface area (Å²) in [6.45, 7) is 1.22. The molecule has 11 heteroatoms. The molecular weight excluding hydrogens is 617 g/mol. The molecule has 0 saturated carbocycles. The van der Waals surface area contributed by atoms with Gasteiger partial charge in [-0.2, -0.15) is 0 Å². The first-order valence-corrected chi connectivity index (χ1v) is 13.8. The second kappa shape index (κ2) is 11.2. The largest absolute Gasteiger partial charge is 0.390 e. The Morgan fingerprint density at radius 3 is 1.58 bits per heavy atom. The molecule has 1 heterocycles. The first-order valence-electron chi connectivity index (χ1n) is 11.5. The van der Waals surface area contributed by atoms with Gasteiger partial charge in [-0.05, 0) is 60.0 Å². The summed E-state index contributed by atoms with van der Waals surface area (Å²) in [4.78, 5) is 0. The molecule has 4 N–H and O–H groups in total. The third-order valence-corrected chi connectivity index (χ3v) is 8.80. The summed E-state index contributed by atoms with van der Waals surface area (Å²) in [6, 6.07) is 14.1. The van der Waals surface area contributed by atoms with Gasteiger partial charge >= 0.3 is 0 Å². The Morgan fingerprint density at radius 1 is 0.711 bits per heavy atom. The van der Waals surface area contributed by atoms with Gasteiger partial charge in [-0.1, -0.05) is 87.8 Å².